The molecule has 1 aromatic carbocycles. The van der Waals surface area contributed by atoms with Crippen molar-refractivity contribution in [2.75, 3.05) is 13.7 Å². The number of amides is 1. The second-order valence-electron chi connectivity index (χ2n) is 7.02. The molecule has 1 amide bonds. The van der Waals surface area contributed by atoms with E-state index in [0.29, 0.717) is 6.54 Å². The van der Waals surface area contributed by atoms with Gasteiger partial charge < -0.3 is 25.0 Å². The average Bonchev–Trinajstić information content (AvgIpc) is 2.52. The summed E-state index contributed by atoms with van der Waals surface area (Å²) in [5.41, 5.74) is 2.02. The van der Waals surface area contributed by atoms with Gasteiger partial charge in [0.2, 0.25) is 0 Å². The van der Waals surface area contributed by atoms with Gasteiger partial charge in [-0.25, -0.2) is 9.59 Å². The number of carbonyl (C=O) groups excluding carboxylic acids is 2. The Bertz CT molecular complexity index is 644. The van der Waals surface area contributed by atoms with Crippen LogP contribution in [0.4, 0.5) is 4.79 Å². The van der Waals surface area contributed by atoms with E-state index in [1.165, 1.54) is 7.11 Å². The van der Waals surface area contributed by atoms with Gasteiger partial charge in [-0.3, -0.25) is 0 Å². The molecule has 1 heterocycles. The van der Waals surface area contributed by atoms with Crippen molar-refractivity contribution in [2.24, 2.45) is 0 Å². The molecule has 0 saturated carbocycles. The van der Waals surface area contributed by atoms with Gasteiger partial charge in [-0.15, -0.1) is 0 Å². The number of hydrogen-bond acceptors (Lipinski definition) is 6. The lowest BCUT2D eigenvalue weighted by atomic mass is 9.67. The number of alkyl carbamates (subject to hydrolysis) is 1. The highest BCUT2D eigenvalue weighted by atomic mass is 16.6. The minimum Gasteiger partial charge on any atom is -0.467 e. The summed E-state index contributed by atoms with van der Waals surface area (Å²) in [6, 6.07) is 4.71. The zero-order valence-corrected chi connectivity index (χ0v) is 15.1. The summed E-state index contributed by atoms with van der Waals surface area (Å²) in [4.78, 5) is 24.1. The first-order valence-electron chi connectivity index (χ1n) is 8.30. The molecular formula is C17H25BN2O5. The van der Waals surface area contributed by atoms with Crippen LogP contribution >= 0.6 is 0 Å². The molecule has 0 aromatic heterocycles. The Morgan fingerprint density at radius 2 is 2.12 bits per heavy atom. The molecule has 1 atom stereocenters. The smallest absolute Gasteiger partial charge is 0.413 e. The Labute approximate surface area is 148 Å². The molecule has 136 valence electrons. The van der Waals surface area contributed by atoms with Gasteiger partial charge in [0, 0.05) is 6.42 Å². The molecule has 0 fully saturated rings. The molecule has 2 rings (SSSR count). The number of nitrogens with one attached hydrogen (secondary N) is 2. The summed E-state index contributed by atoms with van der Waals surface area (Å²) < 4.78 is 10.0. The predicted molar refractivity (Wildman–Crippen MR) is 94.6 cm³/mol. The first-order valence-corrected chi connectivity index (χ1v) is 8.30. The van der Waals surface area contributed by atoms with E-state index < -0.39 is 30.8 Å². The minimum absolute atomic E-state index is 0.266. The van der Waals surface area contributed by atoms with Crippen LogP contribution in [0, 0.1) is 0 Å². The minimum atomic E-state index is -0.863. The zero-order chi connectivity index (χ0) is 18.6. The Morgan fingerprint density at radius 3 is 2.76 bits per heavy atom. The van der Waals surface area contributed by atoms with E-state index in [4.69, 9.17) is 9.47 Å². The topological polar surface area (TPSA) is 96.9 Å². The maximum Gasteiger partial charge on any atom is 0.413 e. The Balaban J connectivity index is 2.19. The second kappa shape index (κ2) is 7.88. The second-order valence-corrected chi connectivity index (χ2v) is 7.02. The first-order chi connectivity index (χ1) is 11.7. The van der Waals surface area contributed by atoms with Crippen LogP contribution in [0.15, 0.2) is 18.2 Å². The first kappa shape index (κ1) is 19.3. The number of fused-ring (bicyclic) bond motifs is 1. The van der Waals surface area contributed by atoms with Gasteiger partial charge in [0.1, 0.15) is 11.6 Å². The Hall–Kier alpha value is -2.06. The van der Waals surface area contributed by atoms with E-state index in [1.54, 1.807) is 20.8 Å². The summed E-state index contributed by atoms with van der Waals surface area (Å²) in [7, 11) is 0.555. The van der Waals surface area contributed by atoms with Crippen molar-refractivity contribution in [1.82, 2.24) is 10.5 Å². The monoisotopic (exact) mass is 348 g/mol. The molecule has 0 spiro atoms. The molecular weight excluding hydrogens is 323 g/mol. The van der Waals surface area contributed by atoms with Crippen LogP contribution in [0.2, 0.25) is 0 Å². The van der Waals surface area contributed by atoms with Gasteiger partial charge in [-0.05, 0) is 50.3 Å². The highest BCUT2D eigenvalue weighted by Crippen LogP contribution is 2.14. The van der Waals surface area contributed by atoms with E-state index in [2.05, 4.69) is 10.5 Å². The molecule has 0 bridgehead atoms. The molecule has 1 aliphatic rings. The van der Waals surface area contributed by atoms with Crippen molar-refractivity contribution >= 4 is 24.6 Å². The normalized spacial score (nSPS) is 15.2. The summed E-state index contributed by atoms with van der Waals surface area (Å²) in [5, 5.41) is 15.6. The average molecular weight is 348 g/mol. The van der Waals surface area contributed by atoms with Crippen LogP contribution in [0.25, 0.3) is 0 Å². The molecule has 3 N–H and O–H groups in total. The number of hydrogen-bond donors (Lipinski definition) is 3. The quantitative estimate of drug-likeness (QED) is 0.529. The maximum absolute atomic E-state index is 12.1. The van der Waals surface area contributed by atoms with Crippen LogP contribution in [-0.2, 0) is 27.1 Å². The number of esters is 1. The van der Waals surface area contributed by atoms with Crippen LogP contribution < -0.4 is 16.0 Å². The van der Waals surface area contributed by atoms with Crippen molar-refractivity contribution in [3.63, 3.8) is 0 Å². The van der Waals surface area contributed by atoms with Gasteiger partial charge >= 0.3 is 19.1 Å². The van der Waals surface area contributed by atoms with Crippen molar-refractivity contribution in [2.45, 2.75) is 45.3 Å². The van der Waals surface area contributed by atoms with Gasteiger partial charge in [-0.2, -0.15) is 0 Å². The third-order valence-corrected chi connectivity index (χ3v) is 3.92. The van der Waals surface area contributed by atoms with Crippen molar-refractivity contribution < 1.29 is 24.1 Å². The fraction of sp³-hybridized carbons (Fsp3) is 0.529. The van der Waals surface area contributed by atoms with Gasteiger partial charge in [0.05, 0.1) is 7.11 Å². The fourth-order valence-corrected chi connectivity index (χ4v) is 2.86. The molecule has 25 heavy (non-hydrogen) atoms. The zero-order valence-electron chi connectivity index (χ0n) is 15.1. The van der Waals surface area contributed by atoms with Crippen molar-refractivity contribution in [3.05, 3.63) is 29.3 Å². The number of methoxy groups -OCH3 is 1. The Kier molecular flexibility index (Phi) is 6.08. The molecule has 0 saturated heterocycles. The SMILES string of the molecule is COC(=O)[C@H](Cc1cccc2c1CCNB2O)NC(=O)OC(C)(C)C. The van der Waals surface area contributed by atoms with Crippen LogP contribution in [-0.4, -0.2) is 49.4 Å². The van der Waals surface area contributed by atoms with E-state index in [0.717, 1.165) is 23.0 Å². The molecule has 8 heteroatoms. The van der Waals surface area contributed by atoms with Crippen LogP contribution in [0.1, 0.15) is 31.9 Å². The van der Waals surface area contributed by atoms with E-state index in [1.807, 2.05) is 18.2 Å². The van der Waals surface area contributed by atoms with E-state index in [-0.39, 0.29) is 6.42 Å². The molecule has 0 unspecified atom stereocenters. The lowest BCUT2D eigenvalue weighted by Crippen LogP contribution is -2.52. The lowest BCUT2D eigenvalue weighted by molar-refractivity contribution is -0.143. The maximum atomic E-state index is 12.1. The molecule has 1 aliphatic heterocycles. The number of ether oxygens (including phenoxy) is 2. The van der Waals surface area contributed by atoms with E-state index >= 15 is 0 Å². The van der Waals surface area contributed by atoms with Gasteiger partial charge in [-0.1, -0.05) is 18.2 Å². The highest BCUT2D eigenvalue weighted by molar-refractivity contribution is 6.64. The van der Waals surface area contributed by atoms with E-state index in [9.17, 15) is 14.6 Å². The molecule has 0 radical (unpaired) electrons. The van der Waals surface area contributed by atoms with Gasteiger partial charge in [0.15, 0.2) is 0 Å². The fourth-order valence-electron chi connectivity index (χ4n) is 2.86. The molecule has 7 nitrogen and oxygen atoms in total. The number of carbonyl (C=O) groups is 2. The molecule has 1 aromatic rings. The highest BCUT2D eigenvalue weighted by Gasteiger charge is 2.29. The number of rotatable bonds is 4. The third-order valence-electron chi connectivity index (χ3n) is 3.92. The van der Waals surface area contributed by atoms with Crippen molar-refractivity contribution in [3.8, 4) is 0 Å². The van der Waals surface area contributed by atoms with Gasteiger partial charge in [0.25, 0.3) is 0 Å². The summed E-state index contributed by atoms with van der Waals surface area (Å²) >= 11 is 0. The summed E-state index contributed by atoms with van der Waals surface area (Å²) in [6.07, 6.45) is 0.333. The standard InChI is InChI=1S/C17H25BN2O5/c1-17(2,3)25-16(22)20-14(15(21)24-4)10-11-6-5-7-13-12(11)8-9-19-18(13)23/h5-7,14,19,23H,8-10H2,1-4H3,(H,20,22)/t14-/m0/s1. The predicted octanol–water partition coefficient (Wildman–Crippen LogP) is 0.129. The van der Waals surface area contributed by atoms with Crippen LogP contribution in [0.3, 0.4) is 0 Å². The third kappa shape index (κ3) is 5.21. The molecule has 0 aliphatic carbocycles. The summed E-state index contributed by atoms with van der Waals surface area (Å²) in [5.74, 6) is -0.544. The largest absolute Gasteiger partial charge is 0.467 e. The van der Waals surface area contributed by atoms with Crippen molar-refractivity contribution in [1.29, 1.82) is 0 Å². The lowest BCUT2D eigenvalue weighted by Gasteiger charge is -2.25. The Morgan fingerprint density at radius 1 is 1.40 bits per heavy atom. The van der Waals surface area contributed by atoms with Crippen LogP contribution in [0.5, 0.6) is 0 Å². The summed E-state index contributed by atoms with van der Waals surface area (Å²) in [6.45, 7) is 5.90. The number of benzene rings is 1.